The van der Waals surface area contributed by atoms with Gasteiger partial charge in [0.2, 0.25) is 0 Å². The van der Waals surface area contributed by atoms with Gasteiger partial charge in [0.05, 0.1) is 28.8 Å². The molecule has 1 atom stereocenters. The normalized spacial score (nSPS) is 16.4. The predicted octanol–water partition coefficient (Wildman–Crippen LogP) is 2.33. The van der Waals surface area contributed by atoms with Gasteiger partial charge in [-0.2, -0.15) is 5.26 Å². The van der Waals surface area contributed by atoms with Crippen molar-refractivity contribution in [2.24, 2.45) is 0 Å². The number of pyridine rings is 1. The summed E-state index contributed by atoms with van der Waals surface area (Å²) in [5, 5.41) is 9.09. The maximum atomic E-state index is 12.6. The van der Waals surface area contributed by atoms with Gasteiger partial charge >= 0.3 is 5.69 Å². The lowest BCUT2D eigenvalue weighted by Crippen LogP contribution is -2.50. The summed E-state index contributed by atoms with van der Waals surface area (Å²) in [6, 6.07) is 13.5. The van der Waals surface area contributed by atoms with Crippen LogP contribution in [0.25, 0.3) is 11.0 Å². The highest BCUT2D eigenvalue weighted by Gasteiger charge is 2.26. The Balaban J connectivity index is 1.55. The van der Waals surface area contributed by atoms with Crippen LogP contribution < -0.4 is 10.6 Å². The average molecular weight is 362 g/mol. The number of nitrogens with zero attached hydrogens (tertiary/aromatic N) is 5. The summed E-state index contributed by atoms with van der Waals surface area (Å²) in [4.78, 5) is 24.5. The number of benzene rings is 1. The fourth-order valence-electron chi connectivity index (χ4n) is 3.88. The van der Waals surface area contributed by atoms with Crippen molar-refractivity contribution in [1.82, 2.24) is 19.4 Å². The zero-order chi connectivity index (χ0) is 18.8. The van der Waals surface area contributed by atoms with Gasteiger partial charge in [0.25, 0.3) is 0 Å². The fraction of sp³-hybridized carbons (Fsp3) is 0.350. The van der Waals surface area contributed by atoms with Crippen LogP contribution in [0.5, 0.6) is 0 Å². The number of aromatic nitrogens is 3. The number of hydrogen-bond acceptors (Lipinski definition) is 5. The number of anilines is 1. The molecule has 0 bridgehead atoms. The van der Waals surface area contributed by atoms with Gasteiger partial charge in [-0.3, -0.25) is 9.47 Å². The summed E-state index contributed by atoms with van der Waals surface area (Å²) in [7, 11) is 0. The summed E-state index contributed by atoms with van der Waals surface area (Å²) in [5.41, 5.74) is 2.38. The first-order valence-corrected chi connectivity index (χ1v) is 9.25. The van der Waals surface area contributed by atoms with E-state index in [1.165, 1.54) is 0 Å². The summed E-state index contributed by atoms with van der Waals surface area (Å²) < 4.78 is 1.87. The van der Waals surface area contributed by atoms with Crippen molar-refractivity contribution in [2.45, 2.75) is 19.5 Å². The second-order valence-electron chi connectivity index (χ2n) is 6.74. The van der Waals surface area contributed by atoms with E-state index in [4.69, 9.17) is 5.26 Å². The van der Waals surface area contributed by atoms with Crippen LogP contribution in [0.3, 0.4) is 0 Å². The van der Waals surface area contributed by atoms with E-state index in [2.05, 4.69) is 32.8 Å². The SMILES string of the molecule is CCC(N1CCN(c2cc(C#N)ccn2)CC1)n1c(=O)[nH]c2ccccc21. The second kappa shape index (κ2) is 7.25. The van der Waals surface area contributed by atoms with Gasteiger partial charge in [-0.25, -0.2) is 9.78 Å². The number of nitriles is 1. The number of para-hydroxylation sites is 2. The third-order valence-electron chi connectivity index (χ3n) is 5.22. The van der Waals surface area contributed by atoms with Crippen LogP contribution in [0.15, 0.2) is 47.4 Å². The Morgan fingerprint density at radius 2 is 2.00 bits per heavy atom. The van der Waals surface area contributed by atoms with Crippen molar-refractivity contribution in [3.05, 3.63) is 58.6 Å². The number of rotatable bonds is 4. The Morgan fingerprint density at radius 1 is 1.22 bits per heavy atom. The molecule has 27 heavy (non-hydrogen) atoms. The quantitative estimate of drug-likeness (QED) is 0.770. The Labute approximate surface area is 157 Å². The molecule has 1 unspecified atom stereocenters. The molecule has 1 fully saturated rings. The highest BCUT2D eigenvalue weighted by molar-refractivity contribution is 5.75. The van der Waals surface area contributed by atoms with E-state index in [0.29, 0.717) is 5.56 Å². The summed E-state index contributed by atoms with van der Waals surface area (Å²) in [6.45, 7) is 5.42. The Hall–Kier alpha value is -3.11. The lowest BCUT2D eigenvalue weighted by atomic mass is 10.2. The van der Waals surface area contributed by atoms with E-state index in [9.17, 15) is 4.79 Å². The van der Waals surface area contributed by atoms with E-state index in [0.717, 1.165) is 49.5 Å². The molecule has 0 saturated carbocycles. The molecular weight excluding hydrogens is 340 g/mol. The number of piperazine rings is 1. The summed E-state index contributed by atoms with van der Waals surface area (Å²) in [6.07, 6.45) is 2.55. The minimum Gasteiger partial charge on any atom is -0.354 e. The van der Waals surface area contributed by atoms with Crippen molar-refractivity contribution in [3.8, 4) is 6.07 Å². The first-order chi connectivity index (χ1) is 13.2. The van der Waals surface area contributed by atoms with E-state index in [-0.39, 0.29) is 11.9 Å². The molecule has 1 saturated heterocycles. The molecule has 3 aromatic rings. The Kier molecular flexibility index (Phi) is 4.65. The lowest BCUT2D eigenvalue weighted by molar-refractivity contribution is 0.126. The topological polar surface area (TPSA) is 80.9 Å². The van der Waals surface area contributed by atoms with Crippen molar-refractivity contribution in [2.75, 3.05) is 31.1 Å². The molecule has 0 amide bonds. The van der Waals surface area contributed by atoms with E-state index >= 15 is 0 Å². The van der Waals surface area contributed by atoms with Crippen LogP contribution in [0.4, 0.5) is 5.82 Å². The number of hydrogen-bond donors (Lipinski definition) is 1. The molecular formula is C20H22N6O. The first-order valence-electron chi connectivity index (χ1n) is 9.25. The maximum absolute atomic E-state index is 12.6. The van der Waals surface area contributed by atoms with Crippen LogP contribution >= 0.6 is 0 Å². The van der Waals surface area contributed by atoms with E-state index in [1.54, 1.807) is 12.3 Å². The smallest absolute Gasteiger partial charge is 0.327 e. The average Bonchev–Trinajstić information content (AvgIpc) is 3.05. The molecule has 2 aromatic heterocycles. The number of aromatic amines is 1. The zero-order valence-electron chi connectivity index (χ0n) is 15.3. The van der Waals surface area contributed by atoms with Gasteiger partial charge in [-0.15, -0.1) is 0 Å². The Morgan fingerprint density at radius 3 is 2.74 bits per heavy atom. The molecule has 4 rings (SSSR count). The third kappa shape index (κ3) is 3.20. The van der Waals surface area contributed by atoms with Gasteiger partial charge in [0.1, 0.15) is 5.82 Å². The molecule has 1 N–H and O–H groups in total. The van der Waals surface area contributed by atoms with Crippen LogP contribution in [-0.2, 0) is 0 Å². The van der Waals surface area contributed by atoms with Crippen molar-refractivity contribution >= 4 is 16.9 Å². The standard InChI is InChI=1S/C20H22N6O/c1-2-19(26-17-6-4-3-5-16(17)23-20(26)27)25-11-9-24(10-12-25)18-13-15(14-21)7-8-22-18/h3-8,13,19H,2,9-12H2,1H3,(H,23,27). The number of imidazole rings is 1. The molecule has 1 aliphatic rings. The van der Waals surface area contributed by atoms with Gasteiger partial charge < -0.3 is 9.88 Å². The minimum absolute atomic E-state index is 0.0224. The predicted molar refractivity (Wildman–Crippen MR) is 105 cm³/mol. The Bertz CT molecular complexity index is 1040. The highest BCUT2D eigenvalue weighted by atomic mass is 16.1. The fourth-order valence-corrected chi connectivity index (χ4v) is 3.88. The second-order valence-corrected chi connectivity index (χ2v) is 6.74. The summed E-state index contributed by atoms with van der Waals surface area (Å²) in [5.74, 6) is 0.839. The molecule has 138 valence electrons. The van der Waals surface area contributed by atoms with Gasteiger partial charge in [0.15, 0.2) is 0 Å². The minimum atomic E-state index is -0.0612. The highest BCUT2D eigenvalue weighted by Crippen LogP contribution is 2.24. The van der Waals surface area contributed by atoms with Crippen molar-refractivity contribution < 1.29 is 0 Å². The molecule has 0 aliphatic carbocycles. The largest absolute Gasteiger partial charge is 0.354 e. The summed E-state index contributed by atoms with van der Waals surface area (Å²) >= 11 is 0. The molecule has 7 heteroatoms. The van der Waals surface area contributed by atoms with Crippen LogP contribution in [0, 0.1) is 11.3 Å². The van der Waals surface area contributed by atoms with Crippen molar-refractivity contribution in [1.29, 1.82) is 5.26 Å². The van der Waals surface area contributed by atoms with Crippen LogP contribution in [0.1, 0.15) is 25.1 Å². The number of H-pyrrole nitrogens is 1. The lowest BCUT2D eigenvalue weighted by Gasteiger charge is -2.39. The van der Waals surface area contributed by atoms with Gasteiger partial charge in [-0.05, 0) is 30.7 Å². The third-order valence-corrected chi connectivity index (χ3v) is 5.22. The molecule has 7 nitrogen and oxygen atoms in total. The first kappa shape index (κ1) is 17.3. The monoisotopic (exact) mass is 362 g/mol. The molecule has 0 radical (unpaired) electrons. The van der Waals surface area contributed by atoms with E-state index in [1.807, 2.05) is 34.9 Å². The molecule has 1 aliphatic heterocycles. The van der Waals surface area contributed by atoms with E-state index < -0.39 is 0 Å². The van der Waals surface area contributed by atoms with Gasteiger partial charge in [-0.1, -0.05) is 19.1 Å². The van der Waals surface area contributed by atoms with Gasteiger partial charge in [0, 0.05) is 32.4 Å². The van der Waals surface area contributed by atoms with Crippen molar-refractivity contribution in [3.63, 3.8) is 0 Å². The van der Waals surface area contributed by atoms with Crippen LogP contribution in [0.2, 0.25) is 0 Å². The zero-order valence-corrected chi connectivity index (χ0v) is 15.3. The maximum Gasteiger partial charge on any atom is 0.327 e. The number of nitrogens with one attached hydrogen (secondary N) is 1. The molecule has 0 spiro atoms. The number of fused-ring (bicyclic) bond motifs is 1. The molecule has 3 heterocycles. The van der Waals surface area contributed by atoms with Crippen LogP contribution in [-0.4, -0.2) is 45.6 Å². The molecule has 1 aromatic carbocycles.